The lowest BCUT2D eigenvalue weighted by atomic mass is 10.2. The van der Waals surface area contributed by atoms with Gasteiger partial charge in [0.05, 0.1) is 5.01 Å². The number of hydrogen-bond acceptors (Lipinski definition) is 4. The summed E-state index contributed by atoms with van der Waals surface area (Å²) in [5.74, 6) is 0.305. The second kappa shape index (κ2) is 5.46. The van der Waals surface area contributed by atoms with Crippen LogP contribution in [0.4, 0.5) is 0 Å². The Morgan fingerprint density at radius 2 is 2.47 bits per heavy atom. The number of thiazole rings is 1. The molecule has 0 aliphatic rings. The molecule has 0 saturated heterocycles. The highest BCUT2D eigenvalue weighted by molar-refractivity contribution is 9.10. The Morgan fingerprint density at radius 1 is 1.65 bits per heavy atom. The van der Waals surface area contributed by atoms with E-state index in [9.17, 15) is 4.79 Å². The molecule has 0 spiro atoms. The zero-order valence-electron chi connectivity index (χ0n) is 9.14. The molecule has 0 fully saturated rings. The Kier molecular flexibility index (Phi) is 3.96. The Labute approximate surface area is 111 Å². The van der Waals surface area contributed by atoms with Crippen molar-refractivity contribution in [3.05, 3.63) is 39.1 Å². The first kappa shape index (κ1) is 12.3. The maximum absolute atomic E-state index is 11.7. The molecule has 2 aromatic heterocycles. The van der Waals surface area contributed by atoms with E-state index in [-0.39, 0.29) is 11.8 Å². The van der Waals surface area contributed by atoms with Gasteiger partial charge in [-0.25, -0.2) is 4.98 Å². The van der Waals surface area contributed by atoms with Crippen LogP contribution in [0.1, 0.15) is 28.4 Å². The predicted molar refractivity (Wildman–Crippen MR) is 69.3 cm³/mol. The molecule has 0 aliphatic heterocycles. The van der Waals surface area contributed by atoms with Gasteiger partial charge in [0.25, 0.3) is 5.91 Å². The van der Waals surface area contributed by atoms with E-state index in [2.05, 4.69) is 26.2 Å². The summed E-state index contributed by atoms with van der Waals surface area (Å²) in [6, 6.07) is 3.33. The van der Waals surface area contributed by atoms with Crippen LogP contribution < -0.4 is 5.32 Å². The SMILES string of the molecule is CC(CNC(=O)c1ccc(Br)o1)c1nccs1. The molecule has 2 rings (SSSR count). The van der Waals surface area contributed by atoms with Crippen LogP contribution in [0.15, 0.2) is 32.8 Å². The molecule has 6 heteroatoms. The van der Waals surface area contributed by atoms with E-state index in [1.54, 1.807) is 29.7 Å². The lowest BCUT2D eigenvalue weighted by Crippen LogP contribution is -2.27. The third-order valence-corrected chi connectivity index (χ3v) is 3.67. The van der Waals surface area contributed by atoms with Gasteiger partial charge in [-0.1, -0.05) is 6.92 Å². The van der Waals surface area contributed by atoms with Gasteiger partial charge >= 0.3 is 0 Å². The third kappa shape index (κ3) is 3.17. The molecule has 0 aliphatic carbocycles. The molecule has 2 heterocycles. The van der Waals surface area contributed by atoms with E-state index in [0.29, 0.717) is 17.0 Å². The molecule has 0 saturated carbocycles. The van der Waals surface area contributed by atoms with Gasteiger partial charge in [-0.05, 0) is 28.1 Å². The van der Waals surface area contributed by atoms with Crippen LogP contribution in [-0.2, 0) is 0 Å². The molecule has 2 aromatic rings. The topological polar surface area (TPSA) is 55.1 Å². The minimum Gasteiger partial charge on any atom is -0.444 e. The van der Waals surface area contributed by atoms with Crippen molar-refractivity contribution in [3.8, 4) is 0 Å². The molecule has 1 N–H and O–H groups in total. The second-order valence-electron chi connectivity index (χ2n) is 3.59. The summed E-state index contributed by atoms with van der Waals surface area (Å²) in [5.41, 5.74) is 0. The molecule has 1 amide bonds. The summed E-state index contributed by atoms with van der Waals surface area (Å²) in [4.78, 5) is 15.9. The minimum atomic E-state index is -0.209. The first-order valence-electron chi connectivity index (χ1n) is 5.09. The summed E-state index contributed by atoms with van der Waals surface area (Å²) in [6.45, 7) is 2.57. The zero-order valence-corrected chi connectivity index (χ0v) is 11.5. The molecule has 1 unspecified atom stereocenters. The molecule has 1 atom stereocenters. The summed E-state index contributed by atoms with van der Waals surface area (Å²) in [6.07, 6.45) is 1.77. The van der Waals surface area contributed by atoms with E-state index in [1.165, 1.54) is 0 Å². The van der Waals surface area contributed by atoms with Crippen molar-refractivity contribution in [1.29, 1.82) is 0 Å². The fourth-order valence-corrected chi connectivity index (χ4v) is 2.34. The van der Waals surface area contributed by atoms with Crippen LogP contribution in [0.25, 0.3) is 0 Å². The van der Waals surface area contributed by atoms with Crippen LogP contribution in [0.3, 0.4) is 0 Å². The maximum Gasteiger partial charge on any atom is 0.287 e. The lowest BCUT2D eigenvalue weighted by molar-refractivity contribution is 0.0922. The standard InChI is InChI=1S/C11H11BrN2O2S/c1-7(11-13-4-5-17-11)6-14-10(15)8-2-3-9(12)16-8/h2-5,7H,6H2,1H3,(H,14,15). The number of carbonyl (C=O) groups excluding carboxylic acids is 1. The first-order chi connectivity index (χ1) is 8.16. The average molecular weight is 315 g/mol. The average Bonchev–Trinajstić information content (AvgIpc) is 2.95. The maximum atomic E-state index is 11.7. The lowest BCUT2D eigenvalue weighted by Gasteiger charge is -2.08. The smallest absolute Gasteiger partial charge is 0.287 e. The fraction of sp³-hybridized carbons (Fsp3) is 0.273. The van der Waals surface area contributed by atoms with Crippen molar-refractivity contribution < 1.29 is 9.21 Å². The number of nitrogens with one attached hydrogen (secondary N) is 1. The highest BCUT2D eigenvalue weighted by atomic mass is 79.9. The molecule has 0 aromatic carbocycles. The van der Waals surface area contributed by atoms with Gasteiger partial charge in [-0.2, -0.15) is 0 Å². The number of nitrogens with zero attached hydrogens (tertiary/aromatic N) is 1. The Balaban J connectivity index is 1.88. The van der Waals surface area contributed by atoms with Gasteiger partial charge in [0, 0.05) is 24.0 Å². The van der Waals surface area contributed by atoms with Gasteiger partial charge in [0.2, 0.25) is 0 Å². The predicted octanol–water partition coefficient (Wildman–Crippen LogP) is 3.03. The summed E-state index contributed by atoms with van der Waals surface area (Å²) in [7, 11) is 0. The van der Waals surface area contributed by atoms with Crippen molar-refractivity contribution in [2.45, 2.75) is 12.8 Å². The van der Waals surface area contributed by atoms with Gasteiger partial charge < -0.3 is 9.73 Å². The van der Waals surface area contributed by atoms with Gasteiger partial charge in [-0.15, -0.1) is 11.3 Å². The summed E-state index contributed by atoms with van der Waals surface area (Å²) < 4.78 is 5.71. The molecule has 17 heavy (non-hydrogen) atoms. The number of rotatable bonds is 4. The second-order valence-corrected chi connectivity index (χ2v) is 5.29. The van der Waals surface area contributed by atoms with Crippen molar-refractivity contribution in [2.75, 3.05) is 6.54 Å². The molecule has 0 radical (unpaired) electrons. The van der Waals surface area contributed by atoms with Crippen LogP contribution in [0, 0.1) is 0 Å². The Morgan fingerprint density at radius 3 is 3.06 bits per heavy atom. The van der Waals surface area contributed by atoms with Crippen molar-refractivity contribution >= 4 is 33.2 Å². The van der Waals surface area contributed by atoms with Gasteiger partial charge in [0.1, 0.15) is 0 Å². The Bertz CT molecular complexity index is 495. The van der Waals surface area contributed by atoms with Crippen molar-refractivity contribution in [2.24, 2.45) is 0 Å². The van der Waals surface area contributed by atoms with Gasteiger partial charge in [-0.3, -0.25) is 4.79 Å². The number of aromatic nitrogens is 1. The van der Waals surface area contributed by atoms with Crippen LogP contribution >= 0.6 is 27.3 Å². The summed E-state index contributed by atoms with van der Waals surface area (Å²) in [5, 5.41) is 5.76. The van der Waals surface area contributed by atoms with Crippen molar-refractivity contribution in [3.63, 3.8) is 0 Å². The summed E-state index contributed by atoms with van der Waals surface area (Å²) >= 11 is 4.75. The molecular weight excluding hydrogens is 304 g/mol. The Hall–Kier alpha value is -1.14. The van der Waals surface area contributed by atoms with Gasteiger partial charge in [0.15, 0.2) is 10.4 Å². The van der Waals surface area contributed by atoms with E-state index in [4.69, 9.17) is 4.42 Å². The molecule has 4 nitrogen and oxygen atoms in total. The first-order valence-corrected chi connectivity index (χ1v) is 6.77. The van der Waals surface area contributed by atoms with Crippen molar-refractivity contribution in [1.82, 2.24) is 10.3 Å². The van der Waals surface area contributed by atoms with E-state index in [1.807, 2.05) is 12.3 Å². The number of halogens is 1. The van der Waals surface area contributed by atoms with E-state index in [0.717, 1.165) is 5.01 Å². The minimum absolute atomic E-state index is 0.206. The third-order valence-electron chi connectivity index (χ3n) is 2.24. The quantitative estimate of drug-likeness (QED) is 0.943. The highest BCUT2D eigenvalue weighted by Crippen LogP contribution is 2.17. The number of hydrogen-bond donors (Lipinski definition) is 1. The zero-order chi connectivity index (χ0) is 12.3. The van der Waals surface area contributed by atoms with Crippen LogP contribution in [0.2, 0.25) is 0 Å². The fourth-order valence-electron chi connectivity index (χ4n) is 1.33. The monoisotopic (exact) mass is 314 g/mol. The number of carbonyl (C=O) groups is 1. The highest BCUT2D eigenvalue weighted by Gasteiger charge is 2.13. The largest absolute Gasteiger partial charge is 0.444 e. The van der Waals surface area contributed by atoms with Crippen LogP contribution in [-0.4, -0.2) is 17.4 Å². The number of furan rings is 1. The van der Waals surface area contributed by atoms with E-state index >= 15 is 0 Å². The van der Waals surface area contributed by atoms with E-state index < -0.39 is 0 Å². The molecule has 90 valence electrons. The molecule has 0 bridgehead atoms. The molecular formula is C11H11BrN2O2S. The van der Waals surface area contributed by atoms with Crippen LogP contribution in [0.5, 0.6) is 0 Å². The normalized spacial score (nSPS) is 12.4. The number of amides is 1.